The van der Waals surface area contributed by atoms with Crippen molar-refractivity contribution in [2.45, 2.75) is 39.0 Å². The van der Waals surface area contributed by atoms with Crippen LogP contribution in [0, 0.1) is 6.92 Å². The Morgan fingerprint density at radius 2 is 2.07 bits per heavy atom. The van der Waals surface area contributed by atoms with Crippen LogP contribution in [0.25, 0.3) is 11.4 Å². The smallest absolute Gasteiger partial charge is 0.227 e. The van der Waals surface area contributed by atoms with Crippen molar-refractivity contribution in [1.82, 2.24) is 15.1 Å². The minimum atomic E-state index is -0.0757. The quantitative estimate of drug-likeness (QED) is 0.645. The van der Waals surface area contributed by atoms with Gasteiger partial charge in [-0.15, -0.1) is 0 Å². The molecule has 1 aliphatic rings. The molecule has 2 amide bonds. The van der Waals surface area contributed by atoms with Gasteiger partial charge in [-0.05, 0) is 55.7 Å². The Hall–Kier alpha value is -3.55. The third-order valence-electron chi connectivity index (χ3n) is 5.05. The number of carbonyl (C=O) groups is 2. The average Bonchev–Trinajstić information content (AvgIpc) is 3.38. The van der Waals surface area contributed by atoms with E-state index in [-0.39, 0.29) is 11.8 Å². The molecule has 1 saturated heterocycles. The van der Waals surface area contributed by atoms with Gasteiger partial charge in [0.15, 0.2) is 0 Å². The van der Waals surface area contributed by atoms with Crippen molar-refractivity contribution < 1.29 is 14.1 Å². The van der Waals surface area contributed by atoms with Crippen LogP contribution < -0.4 is 10.2 Å². The van der Waals surface area contributed by atoms with Crippen LogP contribution in [0.4, 0.5) is 11.4 Å². The highest BCUT2D eigenvalue weighted by atomic mass is 16.5. The Bertz CT molecular complexity index is 1050. The monoisotopic (exact) mass is 405 g/mol. The van der Waals surface area contributed by atoms with Crippen LogP contribution in [0.2, 0.25) is 0 Å². The number of rotatable bonds is 7. The van der Waals surface area contributed by atoms with E-state index < -0.39 is 0 Å². The summed E-state index contributed by atoms with van der Waals surface area (Å²) in [4.78, 5) is 34.4. The maximum atomic E-state index is 12.3. The zero-order valence-corrected chi connectivity index (χ0v) is 16.8. The number of carbonyl (C=O) groups excluding carboxylic acids is 2. The zero-order valence-electron chi connectivity index (χ0n) is 16.8. The molecule has 2 aromatic heterocycles. The first-order valence-electron chi connectivity index (χ1n) is 10.0. The van der Waals surface area contributed by atoms with Crippen molar-refractivity contribution in [3.05, 3.63) is 54.2 Å². The predicted molar refractivity (Wildman–Crippen MR) is 112 cm³/mol. The maximum absolute atomic E-state index is 12.3. The Morgan fingerprint density at radius 1 is 1.23 bits per heavy atom. The van der Waals surface area contributed by atoms with E-state index in [0.29, 0.717) is 37.4 Å². The van der Waals surface area contributed by atoms with Gasteiger partial charge in [0.1, 0.15) is 0 Å². The molecule has 0 unspecified atom stereocenters. The molecule has 0 atom stereocenters. The second kappa shape index (κ2) is 8.86. The summed E-state index contributed by atoms with van der Waals surface area (Å²) >= 11 is 0. The number of hydrogen-bond donors (Lipinski definition) is 1. The van der Waals surface area contributed by atoms with Gasteiger partial charge in [-0.3, -0.25) is 14.6 Å². The fourth-order valence-corrected chi connectivity index (χ4v) is 3.54. The first kappa shape index (κ1) is 19.8. The van der Waals surface area contributed by atoms with Crippen LogP contribution in [-0.4, -0.2) is 33.5 Å². The Labute approximate surface area is 174 Å². The topological polar surface area (TPSA) is 101 Å². The number of hydrogen-bond acceptors (Lipinski definition) is 6. The molecule has 0 bridgehead atoms. The molecule has 154 valence electrons. The summed E-state index contributed by atoms with van der Waals surface area (Å²) in [5.74, 6) is 1.10. The van der Waals surface area contributed by atoms with Crippen LogP contribution in [0.5, 0.6) is 0 Å². The number of aromatic nitrogens is 3. The molecule has 0 spiro atoms. The predicted octanol–water partition coefficient (Wildman–Crippen LogP) is 3.53. The van der Waals surface area contributed by atoms with Gasteiger partial charge >= 0.3 is 0 Å². The number of amides is 2. The van der Waals surface area contributed by atoms with Crippen molar-refractivity contribution in [2.24, 2.45) is 0 Å². The normalized spacial score (nSPS) is 13.6. The summed E-state index contributed by atoms with van der Waals surface area (Å²) in [6.07, 6.45) is 6.31. The fourth-order valence-electron chi connectivity index (χ4n) is 3.54. The molecule has 1 N–H and O–H groups in total. The lowest BCUT2D eigenvalue weighted by atomic mass is 10.1. The summed E-state index contributed by atoms with van der Waals surface area (Å²) in [5, 5.41) is 6.88. The molecule has 3 heterocycles. The van der Waals surface area contributed by atoms with Gasteiger partial charge in [-0.25, -0.2) is 0 Å². The summed E-state index contributed by atoms with van der Waals surface area (Å²) in [6, 6.07) is 9.26. The van der Waals surface area contributed by atoms with E-state index in [2.05, 4.69) is 20.4 Å². The molecule has 3 aromatic rings. The molecule has 30 heavy (non-hydrogen) atoms. The van der Waals surface area contributed by atoms with E-state index >= 15 is 0 Å². The number of nitrogens with zero attached hydrogens (tertiary/aromatic N) is 4. The second-order valence-electron chi connectivity index (χ2n) is 7.30. The molecule has 0 aliphatic carbocycles. The third kappa shape index (κ3) is 4.53. The van der Waals surface area contributed by atoms with Gasteiger partial charge < -0.3 is 14.7 Å². The molecule has 8 heteroatoms. The Balaban J connectivity index is 1.28. The molecule has 0 radical (unpaired) electrons. The van der Waals surface area contributed by atoms with Crippen molar-refractivity contribution >= 4 is 23.2 Å². The van der Waals surface area contributed by atoms with Crippen LogP contribution in [-0.2, 0) is 16.0 Å². The minimum Gasteiger partial charge on any atom is -0.339 e. The van der Waals surface area contributed by atoms with Gasteiger partial charge in [0.05, 0.1) is 0 Å². The Morgan fingerprint density at radius 3 is 2.80 bits per heavy atom. The molecule has 4 rings (SSSR count). The lowest BCUT2D eigenvalue weighted by molar-refractivity contribution is -0.117. The summed E-state index contributed by atoms with van der Waals surface area (Å²) in [6.45, 7) is 2.70. The van der Waals surface area contributed by atoms with Crippen LogP contribution in [0.1, 0.15) is 37.1 Å². The third-order valence-corrected chi connectivity index (χ3v) is 5.05. The molecular weight excluding hydrogens is 382 g/mol. The SMILES string of the molecule is Cc1cc(NC(=O)CCCc2nc(-c3ccncc3)no2)ccc1N1CCCC1=O. The second-order valence-corrected chi connectivity index (χ2v) is 7.30. The van der Waals surface area contributed by atoms with Crippen molar-refractivity contribution in [1.29, 1.82) is 0 Å². The molecule has 0 saturated carbocycles. The number of aryl methyl sites for hydroxylation is 2. The highest BCUT2D eigenvalue weighted by Crippen LogP contribution is 2.27. The molecule has 8 nitrogen and oxygen atoms in total. The first-order chi connectivity index (χ1) is 14.6. The van der Waals surface area contributed by atoms with E-state index in [9.17, 15) is 9.59 Å². The summed E-state index contributed by atoms with van der Waals surface area (Å²) < 4.78 is 5.26. The summed E-state index contributed by atoms with van der Waals surface area (Å²) in [5.41, 5.74) is 3.45. The molecule has 1 aliphatic heterocycles. The molecule has 1 fully saturated rings. The van der Waals surface area contributed by atoms with E-state index in [0.717, 1.165) is 35.5 Å². The number of nitrogens with one attached hydrogen (secondary N) is 1. The number of anilines is 2. The number of pyridine rings is 1. The van der Waals surface area contributed by atoms with Gasteiger partial charge in [0, 0.05) is 55.1 Å². The first-order valence-corrected chi connectivity index (χ1v) is 10.0. The lowest BCUT2D eigenvalue weighted by Gasteiger charge is -2.19. The minimum absolute atomic E-state index is 0.0757. The van der Waals surface area contributed by atoms with Crippen LogP contribution in [0.15, 0.2) is 47.2 Å². The maximum Gasteiger partial charge on any atom is 0.227 e. The lowest BCUT2D eigenvalue weighted by Crippen LogP contribution is -2.24. The van der Waals surface area contributed by atoms with E-state index in [1.807, 2.05) is 42.2 Å². The number of benzene rings is 1. The largest absolute Gasteiger partial charge is 0.339 e. The highest BCUT2D eigenvalue weighted by molar-refractivity contribution is 5.97. The summed E-state index contributed by atoms with van der Waals surface area (Å²) in [7, 11) is 0. The van der Waals surface area contributed by atoms with Gasteiger partial charge in [0.2, 0.25) is 23.5 Å². The van der Waals surface area contributed by atoms with Crippen LogP contribution >= 0.6 is 0 Å². The van der Waals surface area contributed by atoms with Crippen LogP contribution in [0.3, 0.4) is 0 Å². The van der Waals surface area contributed by atoms with Crippen molar-refractivity contribution in [2.75, 3.05) is 16.8 Å². The van der Waals surface area contributed by atoms with Gasteiger partial charge in [0.25, 0.3) is 0 Å². The van der Waals surface area contributed by atoms with Crippen molar-refractivity contribution in [3.8, 4) is 11.4 Å². The van der Waals surface area contributed by atoms with Gasteiger partial charge in [-0.2, -0.15) is 4.98 Å². The standard InChI is InChI=1S/C22H23N5O3/c1-15-14-17(7-8-18(15)27-13-3-6-21(27)29)24-19(28)4-2-5-20-25-22(26-30-20)16-9-11-23-12-10-16/h7-12,14H,2-6,13H2,1H3,(H,24,28). The average molecular weight is 405 g/mol. The Kier molecular flexibility index (Phi) is 5.83. The highest BCUT2D eigenvalue weighted by Gasteiger charge is 2.23. The van der Waals surface area contributed by atoms with E-state index in [1.54, 1.807) is 12.4 Å². The van der Waals surface area contributed by atoms with E-state index in [1.165, 1.54) is 0 Å². The molecule has 1 aromatic carbocycles. The van der Waals surface area contributed by atoms with Crippen molar-refractivity contribution in [3.63, 3.8) is 0 Å². The van der Waals surface area contributed by atoms with Gasteiger partial charge in [-0.1, -0.05) is 5.16 Å². The molecular formula is C22H23N5O3. The fraction of sp³-hybridized carbons (Fsp3) is 0.318. The zero-order chi connectivity index (χ0) is 20.9. The van der Waals surface area contributed by atoms with E-state index in [4.69, 9.17) is 4.52 Å².